The van der Waals surface area contributed by atoms with Gasteiger partial charge in [0.2, 0.25) is 0 Å². The van der Waals surface area contributed by atoms with Crippen LogP contribution in [-0.2, 0) is 0 Å². The third-order valence-electron chi connectivity index (χ3n) is 3.75. The smallest absolute Gasteiger partial charge is 0.0120 e. The Bertz CT molecular complexity index is 278. The molecule has 1 atom stereocenters. The van der Waals surface area contributed by atoms with Crippen LogP contribution in [0, 0.1) is 11.3 Å². The molecule has 0 heteroatoms. The summed E-state index contributed by atoms with van der Waals surface area (Å²) >= 11 is 0. The number of rotatable bonds is 3. The summed E-state index contributed by atoms with van der Waals surface area (Å²) in [5, 5.41) is 0. The van der Waals surface area contributed by atoms with Gasteiger partial charge in [-0.3, -0.25) is 0 Å². The maximum absolute atomic E-state index is 4.24. The molecule has 0 N–H and O–H groups in total. The third-order valence-corrected chi connectivity index (χ3v) is 3.75. The van der Waals surface area contributed by atoms with Gasteiger partial charge in [0.15, 0.2) is 0 Å². The fourth-order valence-electron chi connectivity index (χ4n) is 2.54. The highest BCUT2D eigenvalue weighted by molar-refractivity contribution is 5.17. The molecule has 0 radical (unpaired) electrons. The molecule has 84 valence electrons. The molecule has 1 aliphatic rings. The fraction of sp³-hybridized carbons (Fsp3) is 0.600. The predicted octanol–water partition coefficient (Wildman–Crippen LogP) is 4.89. The SMILES string of the molecule is C=CC(C)=CCC1C(=C)CCCC1(C)C. The molecular formula is C15H24. The van der Waals surface area contributed by atoms with Crippen molar-refractivity contribution in [3.05, 3.63) is 36.5 Å². The van der Waals surface area contributed by atoms with Gasteiger partial charge in [-0.25, -0.2) is 0 Å². The second kappa shape index (κ2) is 4.83. The summed E-state index contributed by atoms with van der Waals surface area (Å²) < 4.78 is 0. The lowest BCUT2D eigenvalue weighted by Crippen LogP contribution is -2.29. The van der Waals surface area contributed by atoms with E-state index in [0.29, 0.717) is 11.3 Å². The first kappa shape index (κ1) is 12.3. The van der Waals surface area contributed by atoms with Crippen LogP contribution in [0.5, 0.6) is 0 Å². The number of hydrogen-bond donors (Lipinski definition) is 0. The Balaban J connectivity index is 2.72. The lowest BCUT2D eigenvalue weighted by Gasteiger charge is -2.40. The minimum absolute atomic E-state index is 0.424. The van der Waals surface area contributed by atoms with E-state index in [1.165, 1.54) is 30.4 Å². The van der Waals surface area contributed by atoms with Crippen molar-refractivity contribution in [2.75, 3.05) is 0 Å². The zero-order chi connectivity index (χ0) is 11.5. The summed E-state index contributed by atoms with van der Waals surface area (Å²) in [6.07, 6.45) is 9.22. The summed E-state index contributed by atoms with van der Waals surface area (Å²) in [6.45, 7) is 14.9. The number of hydrogen-bond acceptors (Lipinski definition) is 0. The van der Waals surface area contributed by atoms with Crippen LogP contribution in [0.2, 0.25) is 0 Å². The Kier molecular flexibility index (Phi) is 3.96. The molecule has 0 nitrogen and oxygen atoms in total. The Morgan fingerprint density at radius 2 is 2.20 bits per heavy atom. The highest BCUT2D eigenvalue weighted by Gasteiger charge is 2.33. The van der Waals surface area contributed by atoms with Gasteiger partial charge in [-0.05, 0) is 43.9 Å². The molecule has 0 amide bonds. The van der Waals surface area contributed by atoms with Crippen molar-refractivity contribution >= 4 is 0 Å². The minimum Gasteiger partial charge on any atom is -0.0995 e. The highest BCUT2D eigenvalue weighted by atomic mass is 14.4. The quantitative estimate of drug-likeness (QED) is 0.453. The molecule has 0 heterocycles. The Labute approximate surface area is 94.8 Å². The molecule has 0 aromatic rings. The van der Waals surface area contributed by atoms with Gasteiger partial charge in [0.25, 0.3) is 0 Å². The van der Waals surface area contributed by atoms with E-state index in [1.807, 2.05) is 6.08 Å². The maximum atomic E-state index is 4.24. The molecule has 0 spiro atoms. The molecule has 0 aliphatic heterocycles. The van der Waals surface area contributed by atoms with E-state index in [-0.39, 0.29) is 0 Å². The van der Waals surface area contributed by atoms with Gasteiger partial charge >= 0.3 is 0 Å². The predicted molar refractivity (Wildman–Crippen MR) is 68.8 cm³/mol. The fourth-order valence-corrected chi connectivity index (χ4v) is 2.54. The molecule has 0 aromatic heterocycles. The van der Waals surface area contributed by atoms with Crippen LogP contribution in [-0.4, -0.2) is 0 Å². The first-order valence-corrected chi connectivity index (χ1v) is 5.94. The molecule has 1 saturated carbocycles. The molecule has 1 fully saturated rings. The van der Waals surface area contributed by atoms with Crippen molar-refractivity contribution < 1.29 is 0 Å². The van der Waals surface area contributed by atoms with Crippen LogP contribution in [0.1, 0.15) is 46.5 Å². The molecule has 1 rings (SSSR count). The van der Waals surface area contributed by atoms with E-state index in [9.17, 15) is 0 Å². The van der Waals surface area contributed by atoms with Crippen molar-refractivity contribution in [1.82, 2.24) is 0 Å². The maximum Gasteiger partial charge on any atom is -0.0120 e. The molecular weight excluding hydrogens is 180 g/mol. The van der Waals surface area contributed by atoms with Crippen LogP contribution < -0.4 is 0 Å². The Hall–Kier alpha value is -0.780. The van der Waals surface area contributed by atoms with Gasteiger partial charge in [0.1, 0.15) is 0 Å². The molecule has 1 aliphatic carbocycles. The molecule has 0 bridgehead atoms. The Morgan fingerprint density at radius 3 is 2.73 bits per heavy atom. The van der Waals surface area contributed by atoms with Crippen molar-refractivity contribution in [3.63, 3.8) is 0 Å². The lowest BCUT2D eigenvalue weighted by molar-refractivity contribution is 0.191. The third kappa shape index (κ3) is 3.09. The first-order valence-electron chi connectivity index (χ1n) is 5.94. The zero-order valence-electron chi connectivity index (χ0n) is 10.5. The number of allylic oxidation sites excluding steroid dienone is 4. The second-order valence-corrected chi connectivity index (χ2v) is 5.44. The van der Waals surface area contributed by atoms with E-state index < -0.39 is 0 Å². The van der Waals surface area contributed by atoms with E-state index in [4.69, 9.17) is 0 Å². The summed E-state index contributed by atoms with van der Waals surface area (Å²) in [7, 11) is 0. The van der Waals surface area contributed by atoms with E-state index >= 15 is 0 Å². The van der Waals surface area contributed by atoms with Gasteiger partial charge in [0.05, 0.1) is 0 Å². The Morgan fingerprint density at radius 1 is 1.53 bits per heavy atom. The lowest BCUT2D eigenvalue weighted by atomic mass is 9.65. The van der Waals surface area contributed by atoms with E-state index in [0.717, 1.165) is 6.42 Å². The largest absolute Gasteiger partial charge is 0.0995 e. The molecule has 0 aromatic carbocycles. The van der Waals surface area contributed by atoms with Gasteiger partial charge in [-0.1, -0.05) is 50.3 Å². The van der Waals surface area contributed by atoms with Crippen LogP contribution >= 0.6 is 0 Å². The van der Waals surface area contributed by atoms with Crippen molar-refractivity contribution in [2.24, 2.45) is 11.3 Å². The van der Waals surface area contributed by atoms with Crippen molar-refractivity contribution in [3.8, 4) is 0 Å². The standard InChI is InChI=1S/C15H24/c1-6-12(2)9-10-14-13(3)8-7-11-15(14,4)5/h6,9,14H,1,3,7-8,10-11H2,2,4-5H3. The first-order chi connectivity index (χ1) is 6.97. The highest BCUT2D eigenvalue weighted by Crippen LogP contribution is 2.45. The average molecular weight is 204 g/mol. The normalized spacial score (nSPS) is 26.5. The summed E-state index contributed by atoms with van der Waals surface area (Å²) in [5.41, 5.74) is 3.15. The monoisotopic (exact) mass is 204 g/mol. The van der Waals surface area contributed by atoms with Gasteiger partial charge in [-0.15, -0.1) is 0 Å². The van der Waals surface area contributed by atoms with Crippen molar-refractivity contribution in [2.45, 2.75) is 46.5 Å². The molecule has 0 saturated heterocycles. The van der Waals surface area contributed by atoms with Crippen molar-refractivity contribution in [1.29, 1.82) is 0 Å². The van der Waals surface area contributed by atoms with Crippen LogP contribution in [0.4, 0.5) is 0 Å². The van der Waals surface area contributed by atoms with Crippen LogP contribution in [0.3, 0.4) is 0 Å². The van der Waals surface area contributed by atoms with Crippen LogP contribution in [0.25, 0.3) is 0 Å². The zero-order valence-corrected chi connectivity index (χ0v) is 10.5. The average Bonchev–Trinajstić information content (AvgIpc) is 2.15. The van der Waals surface area contributed by atoms with Gasteiger partial charge in [-0.2, -0.15) is 0 Å². The summed E-state index contributed by atoms with van der Waals surface area (Å²) in [6, 6.07) is 0. The molecule has 15 heavy (non-hydrogen) atoms. The summed E-state index contributed by atoms with van der Waals surface area (Å²) in [5.74, 6) is 0.654. The van der Waals surface area contributed by atoms with Gasteiger partial charge < -0.3 is 0 Å². The van der Waals surface area contributed by atoms with E-state index in [2.05, 4.69) is 40.0 Å². The van der Waals surface area contributed by atoms with E-state index in [1.54, 1.807) is 0 Å². The second-order valence-electron chi connectivity index (χ2n) is 5.44. The summed E-state index contributed by atoms with van der Waals surface area (Å²) in [4.78, 5) is 0. The molecule has 1 unspecified atom stereocenters. The minimum atomic E-state index is 0.424. The van der Waals surface area contributed by atoms with Crippen LogP contribution in [0.15, 0.2) is 36.5 Å². The van der Waals surface area contributed by atoms with Gasteiger partial charge in [0, 0.05) is 0 Å². The topological polar surface area (TPSA) is 0 Å².